The Kier molecular flexibility index (Phi) is 3.93. The maximum atomic E-state index is 12.2. The van der Waals surface area contributed by atoms with Gasteiger partial charge >= 0.3 is 6.03 Å². The van der Waals surface area contributed by atoms with E-state index >= 15 is 0 Å². The predicted octanol–water partition coefficient (Wildman–Crippen LogP) is 3.66. The molecule has 4 rings (SSSR count). The molecule has 3 N–H and O–H groups in total. The molecule has 0 radical (unpaired) electrons. The maximum Gasteiger partial charge on any atom is 0.324 e. The first-order valence-corrected chi connectivity index (χ1v) is 8.45. The number of fused-ring (bicyclic) bond motifs is 1. The lowest BCUT2D eigenvalue weighted by Gasteiger charge is -2.05. The number of nitrogens with one attached hydrogen (secondary N) is 2. The molecule has 7 heteroatoms. The van der Waals surface area contributed by atoms with Crippen molar-refractivity contribution in [1.82, 2.24) is 9.78 Å². The van der Waals surface area contributed by atoms with E-state index in [1.807, 2.05) is 17.7 Å². The second kappa shape index (κ2) is 6.25. The largest absolute Gasteiger partial charge is 0.459 e. The Balaban J connectivity index is 1.46. The number of furan rings is 1. The molecular formula is C18H20N4O3. The van der Waals surface area contributed by atoms with E-state index in [1.165, 1.54) is 18.5 Å². The van der Waals surface area contributed by atoms with Gasteiger partial charge < -0.3 is 14.8 Å². The first-order chi connectivity index (χ1) is 12.2. The third kappa shape index (κ3) is 3.23. The minimum atomic E-state index is -0.340. The number of hydrogen-bond donors (Lipinski definition) is 3. The Morgan fingerprint density at radius 1 is 1.32 bits per heavy atom. The van der Waals surface area contributed by atoms with Crippen LogP contribution in [0.25, 0.3) is 11.0 Å². The number of carbonyl (C=O) groups is 1. The van der Waals surface area contributed by atoms with Gasteiger partial charge in [-0.05, 0) is 44.0 Å². The Morgan fingerprint density at radius 2 is 2.16 bits per heavy atom. The summed E-state index contributed by atoms with van der Waals surface area (Å²) in [6.45, 7) is 2.68. The number of aryl methyl sites for hydroxylation is 1. The number of urea groups is 1. The van der Waals surface area contributed by atoms with Crippen molar-refractivity contribution in [1.29, 1.82) is 0 Å². The molecule has 0 bridgehead atoms. The molecular weight excluding hydrogens is 320 g/mol. The molecule has 2 aromatic heterocycles. The summed E-state index contributed by atoms with van der Waals surface area (Å²) in [5.41, 5.74) is 2.51. The van der Waals surface area contributed by atoms with E-state index in [0.29, 0.717) is 28.8 Å². The first kappa shape index (κ1) is 15.7. The summed E-state index contributed by atoms with van der Waals surface area (Å²) in [6, 6.07) is 8.69. The second-order valence-electron chi connectivity index (χ2n) is 6.25. The zero-order valence-corrected chi connectivity index (χ0v) is 14.0. The Hall–Kier alpha value is -2.80. The molecule has 1 aliphatic rings. The van der Waals surface area contributed by atoms with Gasteiger partial charge in [-0.3, -0.25) is 10.00 Å². The third-order valence-corrected chi connectivity index (χ3v) is 4.33. The van der Waals surface area contributed by atoms with E-state index in [-0.39, 0.29) is 12.6 Å². The Labute approximate surface area is 144 Å². The molecule has 0 atom stereocenters. The topological polar surface area (TPSA) is 92.3 Å². The lowest BCUT2D eigenvalue weighted by molar-refractivity contribution is 0.251. The van der Waals surface area contributed by atoms with Crippen LogP contribution >= 0.6 is 0 Å². The summed E-state index contributed by atoms with van der Waals surface area (Å²) in [6.07, 6.45) is 2.38. The van der Waals surface area contributed by atoms with Crippen molar-refractivity contribution in [3.8, 4) is 0 Å². The molecule has 7 nitrogen and oxygen atoms in total. The van der Waals surface area contributed by atoms with Crippen molar-refractivity contribution >= 4 is 28.5 Å². The highest BCUT2D eigenvalue weighted by Gasteiger charge is 2.28. The monoisotopic (exact) mass is 340 g/mol. The van der Waals surface area contributed by atoms with Crippen LogP contribution < -0.4 is 10.6 Å². The standard InChI is InChI=1S/C18H20N4O3/c1-2-22-15(11-3-4-11)9-17(21-22)20-18(24)19-13-5-6-16-12(7-13)8-14(10-23)25-16/h5-9,11,23H,2-4,10H2,1H3,(H2,19,20,21,24). The van der Waals surface area contributed by atoms with Gasteiger partial charge in [-0.15, -0.1) is 0 Å². The van der Waals surface area contributed by atoms with E-state index < -0.39 is 0 Å². The Bertz CT molecular complexity index is 924. The summed E-state index contributed by atoms with van der Waals surface area (Å²) in [7, 11) is 0. The Morgan fingerprint density at radius 3 is 2.88 bits per heavy atom. The number of amides is 2. The molecule has 25 heavy (non-hydrogen) atoms. The average Bonchev–Trinajstić information content (AvgIpc) is 3.24. The van der Waals surface area contributed by atoms with Gasteiger partial charge in [-0.1, -0.05) is 0 Å². The van der Waals surface area contributed by atoms with Crippen molar-refractivity contribution < 1.29 is 14.3 Å². The molecule has 1 aliphatic carbocycles. The minimum Gasteiger partial charge on any atom is -0.459 e. The van der Waals surface area contributed by atoms with E-state index in [2.05, 4.69) is 15.7 Å². The minimum absolute atomic E-state index is 0.151. The fraction of sp³-hybridized carbons (Fsp3) is 0.333. The van der Waals surface area contributed by atoms with Gasteiger partial charge in [0.1, 0.15) is 18.0 Å². The summed E-state index contributed by atoms with van der Waals surface area (Å²) in [5.74, 6) is 1.64. The van der Waals surface area contributed by atoms with Crippen LogP contribution in [-0.4, -0.2) is 20.9 Å². The molecule has 0 saturated heterocycles. The summed E-state index contributed by atoms with van der Waals surface area (Å²) < 4.78 is 7.38. The molecule has 1 fully saturated rings. The number of aliphatic hydroxyl groups excluding tert-OH is 1. The van der Waals surface area contributed by atoms with Crippen LogP contribution in [0.2, 0.25) is 0 Å². The zero-order chi connectivity index (χ0) is 17.4. The average molecular weight is 340 g/mol. The SMILES string of the molecule is CCn1nc(NC(=O)Nc2ccc3oc(CO)cc3c2)cc1C1CC1. The summed E-state index contributed by atoms with van der Waals surface area (Å²) in [4.78, 5) is 12.2. The molecule has 0 spiro atoms. The molecule has 1 aromatic carbocycles. The highest BCUT2D eigenvalue weighted by molar-refractivity contribution is 6.00. The fourth-order valence-electron chi connectivity index (χ4n) is 2.99. The van der Waals surface area contributed by atoms with Gasteiger partial charge in [-0.2, -0.15) is 5.10 Å². The quantitative estimate of drug-likeness (QED) is 0.661. The lowest BCUT2D eigenvalue weighted by atomic mass is 10.2. The number of hydrogen-bond acceptors (Lipinski definition) is 4. The predicted molar refractivity (Wildman–Crippen MR) is 94.7 cm³/mol. The fourth-order valence-corrected chi connectivity index (χ4v) is 2.99. The van der Waals surface area contributed by atoms with E-state index in [0.717, 1.165) is 11.9 Å². The third-order valence-electron chi connectivity index (χ3n) is 4.33. The number of benzene rings is 1. The number of aliphatic hydroxyl groups is 1. The molecule has 2 heterocycles. The van der Waals surface area contributed by atoms with Gasteiger partial charge in [0.05, 0.1) is 0 Å². The van der Waals surface area contributed by atoms with Crippen LogP contribution in [0.4, 0.5) is 16.3 Å². The van der Waals surface area contributed by atoms with Crippen LogP contribution in [0.5, 0.6) is 0 Å². The van der Waals surface area contributed by atoms with Gasteiger partial charge in [-0.25, -0.2) is 4.79 Å². The van der Waals surface area contributed by atoms with Crippen molar-refractivity contribution in [2.24, 2.45) is 0 Å². The van der Waals surface area contributed by atoms with Crippen LogP contribution in [-0.2, 0) is 13.2 Å². The lowest BCUT2D eigenvalue weighted by Crippen LogP contribution is -2.19. The normalized spacial score (nSPS) is 14.0. The first-order valence-electron chi connectivity index (χ1n) is 8.45. The van der Waals surface area contributed by atoms with Gasteiger partial charge in [0.2, 0.25) is 0 Å². The van der Waals surface area contributed by atoms with Gasteiger partial charge in [0.25, 0.3) is 0 Å². The molecule has 130 valence electrons. The molecule has 2 amide bonds. The maximum absolute atomic E-state index is 12.2. The van der Waals surface area contributed by atoms with E-state index in [4.69, 9.17) is 9.52 Å². The van der Waals surface area contributed by atoms with E-state index in [1.54, 1.807) is 24.3 Å². The highest BCUT2D eigenvalue weighted by Crippen LogP contribution is 2.40. The van der Waals surface area contributed by atoms with Crippen molar-refractivity contribution in [2.45, 2.75) is 38.8 Å². The van der Waals surface area contributed by atoms with Crippen molar-refractivity contribution in [2.75, 3.05) is 10.6 Å². The molecule has 3 aromatic rings. The second-order valence-corrected chi connectivity index (χ2v) is 6.25. The van der Waals surface area contributed by atoms with Crippen LogP contribution in [0.15, 0.2) is 34.7 Å². The van der Waals surface area contributed by atoms with E-state index in [9.17, 15) is 4.79 Å². The number of rotatable bonds is 5. The molecule has 0 aliphatic heterocycles. The van der Waals surface area contributed by atoms with Gasteiger partial charge in [0, 0.05) is 35.3 Å². The van der Waals surface area contributed by atoms with Crippen LogP contribution in [0, 0.1) is 0 Å². The molecule has 0 unspecified atom stereocenters. The summed E-state index contributed by atoms with van der Waals surface area (Å²) >= 11 is 0. The van der Waals surface area contributed by atoms with Crippen molar-refractivity contribution in [3.05, 3.63) is 41.8 Å². The number of anilines is 2. The number of aromatic nitrogens is 2. The van der Waals surface area contributed by atoms with Crippen LogP contribution in [0.3, 0.4) is 0 Å². The highest BCUT2D eigenvalue weighted by atomic mass is 16.4. The van der Waals surface area contributed by atoms with Crippen LogP contribution in [0.1, 0.15) is 37.1 Å². The zero-order valence-electron chi connectivity index (χ0n) is 14.0. The smallest absolute Gasteiger partial charge is 0.324 e. The molecule has 1 saturated carbocycles. The number of carbonyl (C=O) groups excluding carboxylic acids is 1. The van der Waals surface area contributed by atoms with Gasteiger partial charge in [0.15, 0.2) is 5.82 Å². The summed E-state index contributed by atoms with van der Waals surface area (Å²) in [5, 5.41) is 20.0. The number of nitrogens with zero attached hydrogens (tertiary/aromatic N) is 2. The van der Waals surface area contributed by atoms with Crippen molar-refractivity contribution in [3.63, 3.8) is 0 Å².